The van der Waals surface area contributed by atoms with Crippen molar-refractivity contribution in [1.82, 2.24) is 5.32 Å². The lowest BCUT2D eigenvalue weighted by atomic mass is 10.2. The molecule has 2 nitrogen and oxygen atoms in total. The van der Waals surface area contributed by atoms with Crippen LogP contribution in [0.5, 0.6) is 0 Å². The second-order valence-electron chi connectivity index (χ2n) is 3.69. The second kappa shape index (κ2) is 5.47. The molecule has 1 heterocycles. The van der Waals surface area contributed by atoms with E-state index in [1.54, 1.807) is 0 Å². The molecule has 1 aromatic rings. The van der Waals surface area contributed by atoms with E-state index in [0.717, 1.165) is 17.3 Å². The Labute approximate surface area is 90.5 Å². The minimum atomic E-state index is 0.297. The van der Waals surface area contributed by atoms with Gasteiger partial charge in [0.2, 0.25) is 0 Å². The quantitative estimate of drug-likeness (QED) is 0.814. The van der Waals surface area contributed by atoms with Crippen molar-refractivity contribution in [2.45, 2.75) is 32.9 Å². The fourth-order valence-corrected chi connectivity index (χ4v) is 2.09. The maximum absolute atomic E-state index is 5.55. The fraction of sp³-hybridized carbons (Fsp3) is 0.636. The standard InChI is InChI=1S/C11H19NOS/c1-8(7-14-4)12-10(3)11-6-5-9(2)13-11/h5-6,8,10,12H,7H2,1-4H3/t8-,10+/m0/s1. The van der Waals surface area contributed by atoms with E-state index in [4.69, 9.17) is 4.42 Å². The van der Waals surface area contributed by atoms with Crippen LogP contribution in [0.25, 0.3) is 0 Å². The van der Waals surface area contributed by atoms with Gasteiger partial charge in [0.15, 0.2) is 0 Å². The number of nitrogens with one attached hydrogen (secondary N) is 1. The van der Waals surface area contributed by atoms with Crippen LogP contribution in [0.2, 0.25) is 0 Å². The SMILES string of the molecule is CSC[C@H](C)N[C@H](C)c1ccc(C)o1. The Bertz CT molecular complexity index is 272. The Balaban J connectivity index is 2.45. The van der Waals surface area contributed by atoms with E-state index in [1.165, 1.54) is 0 Å². The first-order valence-corrected chi connectivity index (χ1v) is 6.34. The molecule has 0 aliphatic heterocycles. The fourth-order valence-electron chi connectivity index (χ4n) is 1.49. The summed E-state index contributed by atoms with van der Waals surface area (Å²) in [6.07, 6.45) is 2.12. The summed E-state index contributed by atoms with van der Waals surface area (Å²) in [7, 11) is 0. The van der Waals surface area contributed by atoms with Crippen LogP contribution in [0.3, 0.4) is 0 Å². The Morgan fingerprint density at radius 3 is 2.64 bits per heavy atom. The van der Waals surface area contributed by atoms with E-state index in [9.17, 15) is 0 Å². The summed E-state index contributed by atoms with van der Waals surface area (Å²) < 4.78 is 5.55. The van der Waals surface area contributed by atoms with Crippen molar-refractivity contribution in [2.75, 3.05) is 12.0 Å². The van der Waals surface area contributed by atoms with Gasteiger partial charge in [-0.15, -0.1) is 0 Å². The average molecular weight is 213 g/mol. The second-order valence-corrected chi connectivity index (χ2v) is 4.60. The summed E-state index contributed by atoms with van der Waals surface area (Å²) in [6.45, 7) is 6.31. The molecule has 0 spiro atoms. The molecule has 3 heteroatoms. The third-order valence-corrected chi connectivity index (χ3v) is 2.97. The van der Waals surface area contributed by atoms with Crippen molar-refractivity contribution in [1.29, 1.82) is 0 Å². The van der Waals surface area contributed by atoms with Gasteiger partial charge in [0, 0.05) is 11.8 Å². The van der Waals surface area contributed by atoms with Gasteiger partial charge in [-0.2, -0.15) is 11.8 Å². The van der Waals surface area contributed by atoms with Crippen molar-refractivity contribution in [3.63, 3.8) is 0 Å². The summed E-state index contributed by atoms with van der Waals surface area (Å²) >= 11 is 1.86. The molecule has 0 saturated carbocycles. The molecule has 0 saturated heterocycles. The number of hydrogen-bond donors (Lipinski definition) is 1. The van der Waals surface area contributed by atoms with Gasteiger partial charge in [-0.25, -0.2) is 0 Å². The van der Waals surface area contributed by atoms with Gasteiger partial charge in [-0.3, -0.25) is 0 Å². The van der Waals surface area contributed by atoms with Gasteiger partial charge in [0.1, 0.15) is 11.5 Å². The summed E-state index contributed by atoms with van der Waals surface area (Å²) in [4.78, 5) is 0. The average Bonchev–Trinajstić information content (AvgIpc) is 2.52. The third-order valence-electron chi connectivity index (χ3n) is 2.14. The zero-order chi connectivity index (χ0) is 10.6. The molecule has 1 N–H and O–H groups in total. The highest BCUT2D eigenvalue weighted by atomic mass is 32.2. The Morgan fingerprint density at radius 1 is 1.43 bits per heavy atom. The molecule has 0 unspecified atom stereocenters. The van der Waals surface area contributed by atoms with E-state index in [-0.39, 0.29) is 0 Å². The van der Waals surface area contributed by atoms with E-state index in [1.807, 2.05) is 30.8 Å². The Morgan fingerprint density at radius 2 is 2.14 bits per heavy atom. The molecule has 1 aromatic heterocycles. The smallest absolute Gasteiger partial charge is 0.120 e. The molecule has 0 aliphatic rings. The number of aryl methyl sites for hydroxylation is 1. The largest absolute Gasteiger partial charge is 0.465 e. The summed E-state index contributed by atoms with van der Waals surface area (Å²) in [5, 5.41) is 3.50. The topological polar surface area (TPSA) is 25.2 Å². The van der Waals surface area contributed by atoms with Gasteiger partial charge >= 0.3 is 0 Å². The van der Waals surface area contributed by atoms with Crippen LogP contribution in [-0.2, 0) is 0 Å². The Kier molecular flexibility index (Phi) is 4.55. The van der Waals surface area contributed by atoms with Crippen molar-refractivity contribution >= 4 is 11.8 Å². The molecule has 0 aliphatic carbocycles. The highest BCUT2D eigenvalue weighted by molar-refractivity contribution is 7.98. The first-order valence-electron chi connectivity index (χ1n) is 4.94. The predicted molar refractivity (Wildman–Crippen MR) is 62.8 cm³/mol. The van der Waals surface area contributed by atoms with Gasteiger partial charge in [0.25, 0.3) is 0 Å². The van der Waals surface area contributed by atoms with Gasteiger partial charge in [0.05, 0.1) is 6.04 Å². The van der Waals surface area contributed by atoms with Gasteiger partial charge in [-0.1, -0.05) is 0 Å². The molecule has 2 atom stereocenters. The molecular formula is C11H19NOS. The molecule has 0 amide bonds. The Hall–Kier alpha value is -0.410. The maximum Gasteiger partial charge on any atom is 0.120 e. The molecular weight excluding hydrogens is 194 g/mol. The van der Waals surface area contributed by atoms with Gasteiger partial charge < -0.3 is 9.73 Å². The van der Waals surface area contributed by atoms with Crippen LogP contribution in [0.1, 0.15) is 31.4 Å². The maximum atomic E-state index is 5.55. The molecule has 14 heavy (non-hydrogen) atoms. The minimum absolute atomic E-state index is 0.297. The van der Waals surface area contributed by atoms with Crippen molar-refractivity contribution in [3.05, 3.63) is 23.7 Å². The van der Waals surface area contributed by atoms with E-state index < -0.39 is 0 Å². The van der Waals surface area contributed by atoms with Crippen LogP contribution in [0, 0.1) is 6.92 Å². The van der Waals surface area contributed by atoms with Crippen LogP contribution < -0.4 is 5.32 Å². The number of rotatable bonds is 5. The molecule has 0 aromatic carbocycles. The molecule has 0 radical (unpaired) electrons. The molecule has 1 rings (SSSR count). The summed E-state index contributed by atoms with van der Waals surface area (Å²) in [6, 6.07) is 4.86. The molecule has 0 fully saturated rings. The zero-order valence-electron chi connectivity index (χ0n) is 9.33. The van der Waals surface area contributed by atoms with E-state index in [0.29, 0.717) is 12.1 Å². The first-order chi connectivity index (χ1) is 6.63. The van der Waals surface area contributed by atoms with Crippen molar-refractivity contribution in [2.24, 2.45) is 0 Å². The summed E-state index contributed by atoms with van der Waals surface area (Å²) in [5.74, 6) is 3.13. The van der Waals surface area contributed by atoms with E-state index in [2.05, 4.69) is 25.4 Å². The third kappa shape index (κ3) is 3.39. The van der Waals surface area contributed by atoms with Crippen LogP contribution in [0.4, 0.5) is 0 Å². The monoisotopic (exact) mass is 213 g/mol. The predicted octanol–water partition coefficient (Wildman–Crippen LogP) is 2.99. The molecule has 80 valence electrons. The van der Waals surface area contributed by atoms with Crippen molar-refractivity contribution < 1.29 is 4.42 Å². The number of hydrogen-bond acceptors (Lipinski definition) is 3. The van der Waals surface area contributed by atoms with Crippen LogP contribution >= 0.6 is 11.8 Å². The lowest BCUT2D eigenvalue weighted by Crippen LogP contribution is -2.30. The highest BCUT2D eigenvalue weighted by Crippen LogP contribution is 2.16. The van der Waals surface area contributed by atoms with Crippen LogP contribution in [-0.4, -0.2) is 18.1 Å². The first kappa shape index (κ1) is 11.7. The lowest BCUT2D eigenvalue weighted by Gasteiger charge is -2.17. The zero-order valence-corrected chi connectivity index (χ0v) is 10.1. The molecule has 0 bridgehead atoms. The normalized spacial score (nSPS) is 15.4. The minimum Gasteiger partial charge on any atom is -0.465 e. The van der Waals surface area contributed by atoms with Gasteiger partial charge in [-0.05, 0) is 39.2 Å². The van der Waals surface area contributed by atoms with Crippen molar-refractivity contribution in [3.8, 4) is 0 Å². The highest BCUT2D eigenvalue weighted by Gasteiger charge is 2.11. The van der Waals surface area contributed by atoms with Crippen LogP contribution in [0.15, 0.2) is 16.5 Å². The lowest BCUT2D eigenvalue weighted by molar-refractivity contribution is 0.399. The summed E-state index contributed by atoms with van der Waals surface area (Å²) in [5.41, 5.74) is 0. The van der Waals surface area contributed by atoms with E-state index >= 15 is 0 Å². The number of thioether (sulfide) groups is 1. The number of furan rings is 1.